The van der Waals surface area contributed by atoms with E-state index in [0.717, 1.165) is 24.2 Å². The van der Waals surface area contributed by atoms with Gasteiger partial charge in [0, 0.05) is 6.04 Å². The fraction of sp³-hybridized carbons (Fsp3) is 0.333. The first-order valence-electron chi connectivity index (χ1n) is 7.23. The lowest BCUT2D eigenvalue weighted by Gasteiger charge is -2.14. The SMILES string of the molecule is CCOc1cccc(C(N)CCc2ccccc2C)c1. The van der Waals surface area contributed by atoms with Crippen LogP contribution in [0.3, 0.4) is 0 Å². The molecule has 2 aromatic carbocycles. The maximum atomic E-state index is 6.30. The number of ether oxygens (including phenoxy) is 1. The van der Waals surface area contributed by atoms with Gasteiger partial charge in [-0.15, -0.1) is 0 Å². The molecule has 0 bridgehead atoms. The molecular formula is C18H23NO. The van der Waals surface area contributed by atoms with Crippen LogP contribution >= 0.6 is 0 Å². The summed E-state index contributed by atoms with van der Waals surface area (Å²) in [5.74, 6) is 0.899. The van der Waals surface area contributed by atoms with Gasteiger partial charge in [0.1, 0.15) is 5.75 Å². The summed E-state index contributed by atoms with van der Waals surface area (Å²) in [4.78, 5) is 0. The highest BCUT2D eigenvalue weighted by Crippen LogP contribution is 2.22. The third-order valence-corrected chi connectivity index (χ3v) is 3.58. The van der Waals surface area contributed by atoms with Gasteiger partial charge in [-0.05, 0) is 55.5 Å². The molecule has 0 aromatic heterocycles. The molecule has 0 aliphatic carbocycles. The average Bonchev–Trinajstić information content (AvgIpc) is 2.47. The highest BCUT2D eigenvalue weighted by Gasteiger charge is 2.08. The van der Waals surface area contributed by atoms with Crippen molar-refractivity contribution in [3.8, 4) is 5.75 Å². The molecule has 0 spiro atoms. The zero-order valence-electron chi connectivity index (χ0n) is 12.3. The number of aryl methyl sites for hydroxylation is 2. The van der Waals surface area contributed by atoms with E-state index in [0.29, 0.717) is 6.61 Å². The molecule has 0 saturated carbocycles. The third kappa shape index (κ3) is 3.84. The van der Waals surface area contributed by atoms with E-state index in [1.807, 2.05) is 25.1 Å². The number of nitrogens with two attached hydrogens (primary N) is 1. The molecule has 0 radical (unpaired) electrons. The second kappa shape index (κ2) is 7.11. The average molecular weight is 269 g/mol. The molecule has 0 aliphatic heterocycles. The third-order valence-electron chi connectivity index (χ3n) is 3.58. The molecule has 2 nitrogen and oxygen atoms in total. The van der Waals surface area contributed by atoms with Crippen molar-refractivity contribution in [2.45, 2.75) is 32.7 Å². The van der Waals surface area contributed by atoms with Crippen molar-refractivity contribution in [1.82, 2.24) is 0 Å². The summed E-state index contributed by atoms with van der Waals surface area (Å²) in [6, 6.07) is 16.6. The normalized spacial score (nSPS) is 12.2. The van der Waals surface area contributed by atoms with Gasteiger partial charge in [0.2, 0.25) is 0 Å². The second-order valence-electron chi connectivity index (χ2n) is 5.08. The van der Waals surface area contributed by atoms with Crippen LogP contribution in [-0.4, -0.2) is 6.61 Å². The van der Waals surface area contributed by atoms with Gasteiger partial charge in [0.25, 0.3) is 0 Å². The molecule has 106 valence electrons. The number of hydrogen-bond donors (Lipinski definition) is 1. The van der Waals surface area contributed by atoms with E-state index in [1.165, 1.54) is 11.1 Å². The van der Waals surface area contributed by atoms with Gasteiger partial charge < -0.3 is 10.5 Å². The molecule has 2 aromatic rings. The van der Waals surface area contributed by atoms with Crippen molar-refractivity contribution in [3.63, 3.8) is 0 Å². The molecule has 20 heavy (non-hydrogen) atoms. The fourth-order valence-corrected chi connectivity index (χ4v) is 2.37. The van der Waals surface area contributed by atoms with Crippen molar-refractivity contribution in [2.75, 3.05) is 6.61 Å². The maximum Gasteiger partial charge on any atom is 0.119 e. The summed E-state index contributed by atoms with van der Waals surface area (Å²) in [6.07, 6.45) is 1.95. The summed E-state index contributed by atoms with van der Waals surface area (Å²) < 4.78 is 5.52. The topological polar surface area (TPSA) is 35.2 Å². The predicted octanol–water partition coefficient (Wildman–Crippen LogP) is 4.03. The Morgan fingerprint density at radius 3 is 2.65 bits per heavy atom. The van der Waals surface area contributed by atoms with Gasteiger partial charge in [-0.25, -0.2) is 0 Å². The molecule has 0 aliphatic rings. The van der Waals surface area contributed by atoms with E-state index in [-0.39, 0.29) is 6.04 Å². The van der Waals surface area contributed by atoms with Crippen molar-refractivity contribution < 1.29 is 4.74 Å². The summed E-state index contributed by atoms with van der Waals surface area (Å²) >= 11 is 0. The molecule has 2 heteroatoms. The summed E-state index contributed by atoms with van der Waals surface area (Å²) in [7, 11) is 0. The molecule has 0 amide bonds. The highest BCUT2D eigenvalue weighted by atomic mass is 16.5. The van der Waals surface area contributed by atoms with Crippen molar-refractivity contribution in [3.05, 3.63) is 65.2 Å². The Hall–Kier alpha value is -1.80. The van der Waals surface area contributed by atoms with E-state index in [9.17, 15) is 0 Å². The summed E-state index contributed by atoms with van der Waals surface area (Å²) in [5, 5.41) is 0. The largest absolute Gasteiger partial charge is 0.494 e. The number of benzene rings is 2. The minimum atomic E-state index is 0.0509. The van der Waals surface area contributed by atoms with E-state index in [2.05, 4.69) is 37.3 Å². The van der Waals surface area contributed by atoms with Crippen molar-refractivity contribution in [1.29, 1.82) is 0 Å². The van der Waals surface area contributed by atoms with Crippen molar-refractivity contribution in [2.24, 2.45) is 5.73 Å². The summed E-state index contributed by atoms with van der Waals surface area (Å²) in [5.41, 5.74) is 10.2. The van der Waals surface area contributed by atoms with E-state index in [4.69, 9.17) is 10.5 Å². The smallest absolute Gasteiger partial charge is 0.119 e. The van der Waals surface area contributed by atoms with E-state index < -0.39 is 0 Å². The predicted molar refractivity (Wildman–Crippen MR) is 84.0 cm³/mol. The van der Waals surface area contributed by atoms with Crippen LogP contribution in [0.25, 0.3) is 0 Å². The minimum Gasteiger partial charge on any atom is -0.494 e. The van der Waals surface area contributed by atoms with E-state index >= 15 is 0 Å². The van der Waals surface area contributed by atoms with Gasteiger partial charge in [0.05, 0.1) is 6.61 Å². The fourth-order valence-electron chi connectivity index (χ4n) is 2.37. The van der Waals surface area contributed by atoms with Gasteiger partial charge >= 0.3 is 0 Å². The first kappa shape index (κ1) is 14.6. The monoisotopic (exact) mass is 269 g/mol. The van der Waals surface area contributed by atoms with Crippen LogP contribution in [0, 0.1) is 6.92 Å². The van der Waals surface area contributed by atoms with Crippen LogP contribution in [-0.2, 0) is 6.42 Å². The first-order valence-corrected chi connectivity index (χ1v) is 7.23. The second-order valence-corrected chi connectivity index (χ2v) is 5.08. The molecule has 2 rings (SSSR count). The quantitative estimate of drug-likeness (QED) is 0.859. The van der Waals surface area contributed by atoms with Crippen LogP contribution in [0.2, 0.25) is 0 Å². The van der Waals surface area contributed by atoms with Crippen LogP contribution < -0.4 is 10.5 Å². The zero-order valence-corrected chi connectivity index (χ0v) is 12.3. The molecule has 0 heterocycles. The van der Waals surface area contributed by atoms with Gasteiger partial charge in [-0.2, -0.15) is 0 Å². The summed E-state index contributed by atoms with van der Waals surface area (Å²) in [6.45, 7) is 4.82. The number of rotatable bonds is 6. The Bertz CT molecular complexity index is 551. The highest BCUT2D eigenvalue weighted by molar-refractivity contribution is 5.31. The Kier molecular flexibility index (Phi) is 5.19. The van der Waals surface area contributed by atoms with Crippen molar-refractivity contribution >= 4 is 0 Å². The molecular weight excluding hydrogens is 246 g/mol. The standard InChI is InChI=1S/C18H23NO/c1-3-20-17-10-6-9-16(13-17)18(19)12-11-15-8-5-4-7-14(15)2/h4-10,13,18H,3,11-12,19H2,1-2H3. The molecule has 0 fully saturated rings. The Morgan fingerprint density at radius 2 is 1.90 bits per heavy atom. The van der Waals surface area contributed by atoms with Crippen LogP contribution in [0.15, 0.2) is 48.5 Å². The van der Waals surface area contributed by atoms with Gasteiger partial charge in [-0.3, -0.25) is 0 Å². The molecule has 2 N–H and O–H groups in total. The minimum absolute atomic E-state index is 0.0509. The Labute approximate surface area is 121 Å². The Balaban J connectivity index is 1.99. The van der Waals surface area contributed by atoms with E-state index in [1.54, 1.807) is 0 Å². The maximum absolute atomic E-state index is 6.30. The Morgan fingerprint density at radius 1 is 1.10 bits per heavy atom. The molecule has 1 atom stereocenters. The van der Waals surface area contributed by atoms with Crippen LogP contribution in [0.5, 0.6) is 5.75 Å². The van der Waals surface area contributed by atoms with Gasteiger partial charge in [0.15, 0.2) is 0 Å². The van der Waals surface area contributed by atoms with Gasteiger partial charge in [-0.1, -0.05) is 36.4 Å². The van der Waals surface area contributed by atoms with Crippen LogP contribution in [0.4, 0.5) is 0 Å². The molecule has 1 unspecified atom stereocenters. The lowest BCUT2D eigenvalue weighted by Crippen LogP contribution is -2.11. The lowest BCUT2D eigenvalue weighted by atomic mass is 9.97. The lowest BCUT2D eigenvalue weighted by molar-refractivity contribution is 0.339. The first-order chi connectivity index (χ1) is 9.70. The number of hydrogen-bond acceptors (Lipinski definition) is 2. The van der Waals surface area contributed by atoms with Crippen LogP contribution in [0.1, 0.15) is 36.1 Å². The molecule has 0 saturated heterocycles. The zero-order chi connectivity index (χ0) is 14.4.